The fraction of sp³-hybridized carbons (Fsp3) is 0.619. The first-order valence-corrected chi connectivity index (χ1v) is 10.5. The lowest BCUT2D eigenvalue weighted by Gasteiger charge is -2.26. The monoisotopic (exact) mass is 535 g/mol. The molecule has 1 fully saturated rings. The number of benzene rings is 1. The number of nitrogens with one attached hydrogen (secondary N) is 1. The average Bonchev–Trinajstić information content (AvgIpc) is 3.13. The van der Waals surface area contributed by atoms with Gasteiger partial charge in [0, 0.05) is 52.3 Å². The summed E-state index contributed by atoms with van der Waals surface area (Å²) in [6, 6.07) is 7.93. The molecule has 1 unspecified atom stereocenters. The molecule has 1 heterocycles. The molecule has 1 saturated heterocycles. The van der Waals surface area contributed by atoms with Crippen molar-refractivity contribution in [3.05, 3.63) is 34.9 Å². The summed E-state index contributed by atoms with van der Waals surface area (Å²) < 4.78 is 0. The number of hydrogen-bond acceptors (Lipinski definition) is 3. The van der Waals surface area contributed by atoms with Crippen LogP contribution in [-0.2, 0) is 11.3 Å². The van der Waals surface area contributed by atoms with E-state index in [9.17, 15) is 4.79 Å². The van der Waals surface area contributed by atoms with E-state index < -0.39 is 0 Å². The van der Waals surface area contributed by atoms with Gasteiger partial charge in [0.1, 0.15) is 0 Å². The molecule has 1 atom stereocenters. The Labute approximate surface area is 197 Å². The summed E-state index contributed by atoms with van der Waals surface area (Å²) in [4.78, 5) is 23.2. The van der Waals surface area contributed by atoms with Gasteiger partial charge in [0.15, 0.2) is 5.96 Å². The van der Waals surface area contributed by atoms with Gasteiger partial charge in [-0.25, -0.2) is 0 Å². The molecule has 1 N–H and O–H groups in total. The molecule has 0 bridgehead atoms. The van der Waals surface area contributed by atoms with Crippen molar-refractivity contribution in [3.63, 3.8) is 0 Å². The lowest BCUT2D eigenvalue weighted by Crippen LogP contribution is -2.43. The van der Waals surface area contributed by atoms with Crippen LogP contribution in [0.2, 0.25) is 5.02 Å². The minimum atomic E-state index is 0. The van der Waals surface area contributed by atoms with Gasteiger partial charge in [-0.2, -0.15) is 0 Å². The second kappa shape index (κ2) is 13.3. The van der Waals surface area contributed by atoms with Crippen LogP contribution in [0, 0.1) is 0 Å². The third kappa shape index (κ3) is 7.94. The molecule has 1 aliphatic heterocycles. The lowest BCUT2D eigenvalue weighted by atomic mass is 10.2. The van der Waals surface area contributed by atoms with E-state index in [0.717, 1.165) is 62.0 Å². The van der Waals surface area contributed by atoms with Crippen molar-refractivity contribution < 1.29 is 4.79 Å². The normalized spacial score (nSPS) is 17.0. The second-order valence-corrected chi connectivity index (χ2v) is 7.87. The maximum absolute atomic E-state index is 12.3. The molecule has 1 aromatic carbocycles. The Morgan fingerprint density at radius 2 is 2.03 bits per heavy atom. The van der Waals surface area contributed by atoms with Crippen LogP contribution in [0.3, 0.4) is 0 Å². The number of carbonyl (C=O) groups is 1. The van der Waals surface area contributed by atoms with E-state index in [1.807, 2.05) is 45.4 Å². The summed E-state index contributed by atoms with van der Waals surface area (Å²) in [6.07, 6.45) is 2.99. The second-order valence-electron chi connectivity index (χ2n) is 7.46. The first-order chi connectivity index (χ1) is 13.4. The van der Waals surface area contributed by atoms with Gasteiger partial charge < -0.3 is 15.1 Å². The van der Waals surface area contributed by atoms with Crippen LogP contribution in [0.5, 0.6) is 0 Å². The minimum absolute atomic E-state index is 0. The number of rotatable bonds is 8. The molecular formula is C21H35ClIN5O. The van der Waals surface area contributed by atoms with Crippen LogP contribution in [-0.4, -0.2) is 79.9 Å². The van der Waals surface area contributed by atoms with Gasteiger partial charge in [0.2, 0.25) is 5.91 Å². The Hall–Kier alpha value is -1.06. The van der Waals surface area contributed by atoms with Gasteiger partial charge >= 0.3 is 0 Å². The Morgan fingerprint density at radius 1 is 1.31 bits per heavy atom. The smallest absolute Gasteiger partial charge is 0.239 e. The van der Waals surface area contributed by atoms with E-state index in [2.05, 4.69) is 22.0 Å². The Morgan fingerprint density at radius 3 is 2.69 bits per heavy atom. The van der Waals surface area contributed by atoms with Gasteiger partial charge in [0.05, 0.1) is 6.04 Å². The average molecular weight is 536 g/mol. The van der Waals surface area contributed by atoms with Crippen molar-refractivity contribution in [2.75, 3.05) is 47.3 Å². The Kier molecular flexibility index (Phi) is 11.9. The van der Waals surface area contributed by atoms with Gasteiger partial charge in [-0.1, -0.05) is 29.8 Å². The molecule has 164 valence electrons. The van der Waals surface area contributed by atoms with Gasteiger partial charge in [0.25, 0.3) is 0 Å². The predicted octanol–water partition coefficient (Wildman–Crippen LogP) is 3.30. The summed E-state index contributed by atoms with van der Waals surface area (Å²) in [6.45, 7) is 6.23. The zero-order valence-electron chi connectivity index (χ0n) is 18.0. The molecule has 29 heavy (non-hydrogen) atoms. The first-order valence-electron chi connectivity index (χ1n) is 10.1. The summed E-state index contributed by atoms with van der Waals surface area (Å²) in [5, 5.41) is 4.12. The van der Waals surface area contributed by atoms with E-state index in [4.69, 9.17) is 16.6 Å². The van der Waals surface area contributed by atoms with Crippen LogP contribution in [0.25, 0.3) is 0 Å². The number of carbonyl (C=O) groups excluding carboxylic acids is 1. The number of amides is 1. The number of likely N-dealkylation sites (N-methyl/N-ethyl adjacent to an activating group) is 1. The molecular weight excluding hydrogens is 501 g/mol. The molecule has 1 aliphatic rings. The third-order valence-corrected chi connectivity index (χ3v) is 5.39. The largest absolute Gasteiger partial charge is 0.357 e. The fourth-order valence-corrected chi connectivity index (χ4v) is 3.75. The lowest BCUT2D eigenvalue weighted by molar-refractivity contribution is -0.133. The maximum Gasteiger partial charge on any atom is 0.239 e. The highest BCUT2D eigenvalue weighted by atomic mass is 127. The summed E-state index contributed by atoms with van der Waals surface area (Å²) in [5.74, 6) is 1.10. The standard InChI is InChI=1S/C21H34ClN5O.HI/c1-5-23-21(26(4)16-17-10-6-7-11-18(17)22)24-13-9-15-27-14-8-12-19(27)20(28)25(2)3;/h6-7,10-11,19H,5,8-9,12-16H2,1-4H3,(H,23,24);1H. The highest BCUT2D eigenvalue weighted by Crippen LogP contribution is 2.19. The quantitative estimate of drug-likeness (QED) is 0.240. The predicted molar refractivity (Wildman–Crippen MR) is 132 cm³/mol. The van der Waals surface area contributed by atoms with Crippen molar-refractivity contribution in [1.29, 1.82) is 0 Å². The topological polar surface area (TPSA) is 51.2 Å². The molecule has 0 aliphatic carbocycles. The van der Waals surface area contributed by atoms with E-state index in [-0.39, 0.29) is 35.9 Å². The van der Waals surface area contributed by atoms with Gasteiger partial charge in [-0.05, 0) is 44.4 Å². The van der Waals surface area contributed by atoms with Crippen molar-refractivity contribution in [2.24, 2.45) is 4.99 Å². The van der Waals surface area contributed by atoms with Crippen LogP contribution in [0.4, 0.5) is 0 Å². The van der Waals surface area contributed by atoms with E-state index in [0.29, 0.717) is 6.54 Å². The number of nitrogens with zero attached hydrogens (tertiary/aromatic N) is 4. The van der Waals surface area contributed by atoms with E-state index >= 15 is 0 Å². The molecule has 0 spiro atoms. The molecule has 0 saturated carbocycles. The van der Waals surface area contributed by atoms with Crippen molar-refractivity contribution in [1.82, 2.24) is 20.0 Å². The zero-order valence-corrected chi connectivity index (χ0v) is 21.1. The minimum Gasteiger partial charge on any atom is -0.357 e. The SMILES string of the molecule is CCNC(=NCCCN1CCCC1C(=O)N(C)C)N(C)Cc1ccccc1Cl.I. The highest BCUT2D eigenvalue weighted by Gasteiger charge is 2.30. The van der Waals surface area contributed by atoms with Crippen molar-refractivity contribution >= 4 is 47.4 Å². The van der Waals surface area contributed by atoms with Gasteiger partial charge in [-0.3, -0.25) is 14.7 Å². The number of aliphatic imine (C=N–C) groups is 1. The fourth-order valence-electron chi connectivity index (χ4n) is 3.56. The number of hydrogen-bond donors (Lipinski definition) is 1. The Bertz CT molecular complexity index is 670. The Balaban J connectivity index is 0.00000420. The van der Waals surface area contributed by atoms with Crippen LogP contribution in [0.1, 0.15) is 31.7 Å². The van der Waals surface area contributed by atoms with Gasteiger partial charge in [-0.15, -0.1) is 24.0 Å². The molecule has 8 heteroatoms. The summed E-state index contributed by atoms with van der Waals surface area (Å²) in [7, 11) is 5.69. The molecule has 0 aromatic heterocycles. The molecule has 2 rings (SSSR count). The third-order valence-electron chi connectivity index (χ3n) is 5.02. The summed E-state index contributed by atoms with van der Waals surface area (Å²) >= 11 is 6.29. The zero-order chi connectivity index (χ0) is 20.5. The van der Waals surface area contributed by atoms with E-state index in [1.54, 1.807) is 4.90 Å². The number of halogens is 2. The highest BCUT2D eigenvalue weighted by molar-refractivity contribution is 14.0. The number of guanidine groups is 1. The van der Waals surface area contributed by atoms with E-state index in [1.165, 1.54) is 0 Å². The number of likely N-dealkylation sites (tertiary alicyclic amines) is 1. The molecule has 1 amide bonds. The van der Waals surface area contributed by atoms with Crippen LogP contribution >= 0.6 is 35.6 Å². The van der Waals surface area contributed by atoms with Crippen molar-refractivity contribution in [2.45, 2.75) is 38.8 Å². The molecule has 6 nitrogen and oxygen atoms in total. The van der Waals surface area contributed by atoms with Crippen LogP contribution in [0.15, 0.2) is 29.3 Å². The first kappa shape index (κ1) is 26.0. The van der Waals surface area contributed by atoms with Crippen LogP contribution < -0.4 is 5.32 Å². The molecule has 0 radical (unpaired) electrons. The maximum atomic E-state index is 12.3. The molecule has 1 aromatic rings. The van der Waals surface area contributed by atoms with Crippen molar-refractivity contribution in [3.8, 4) is 0 Å². The summed E-state index contributed by atoms with van der Waals surface area (Å²) in [5.41, 5.74) is 1.08.